The van der Waals surface area contributed by atoms with Gasteiger partial charge in [0.25, 0.3) is 0 Å². The summed E-state index contributed by atoms with van der Waals surface area (Å²) in [6.45, 7) is 1.76. The summed E-state index contributed by atoms with van der Waals surface area (Å²) in [5, 5.41) is 12.0. The molecular formula is C16H14F2N2O. The average Bonchev–Trinajstić information content (AvgIpc) is 2.47. The van der Waals surface area contributed by atoms with Gasteiger partial charge in [-0.2, -0.15) is 5.26 Å². The van der Waals surface area contributed by atoms with E-state index < -0.39 is 11.6 Å². The molecule has 3 nitrogen and oxygen atoms in total. The van der Waals surface area contributed by atoms with Crippen LogP contribution in [-0.4, -0.2) is 7.11 Å². The Bertz CT molecular complexity index is 695. The Hall–Kier alpha value is -2.61. The molecule has 21 heavy (non-hydrogen) atoms. The van der Waals surface area contributed by atoms with Crippen molar-refractivity contribution in [2.75, 3.05) is 12.4 Å². The molecule has 0 bridgehead atoms. The third-order valence-corrected chi connectivity index (χ3v) is 3.13. The number of nitrogens with zero attached hydrogens (tertiary/aromatic N) is 1. The fraction of sp³-hybridized carbons (Fsp3) is 0.188. The minimum atomic E-state index is -0.612. The van der Waals surface area contributed by atoms with Crippen LogP contribution in [0.2, 0.25) is 0 Å². The Morgan fingerprint density at radius 1 is 1.19 bits per heavy atom. The number of nitriles is 1. The maximum absolute atomic E-state index is 13.8. The van der Waals surface area contributed by atoms with Crippen molar-refractivity contribution in [1.82, 2.24) is 0 Å². The van der Waals surface area contributed by atoms with Crippen molar-refractivity contribution < 1.29 is 13.5 Å². The number of ether oxygens (including phenoxy) is 1. The first kappa shape index (κ1) is 14.8. The van der Waals surface area contributed by atoms with Gasteiger partial charge in [-0.25, -0.2) is 8.78 Å². The van der Waals surface area contributed by atoms with E-state index >= 15 is 0 Å². The van der Waals surface area contributed by atoms with Gasteiger partial charge >= 0.3 is 0 Å². The zero-order chi connectivity index (χ0) is 15.4. The number of anilines is 1. The van der Waals surface area contributed by atoms with E-state index in [9.17, 15) is 8.78 Å². The summed E-state index contributed by atoms with van der Waals surface area (Å²) in [4.78, 5) is 0. The molecule has 1 unspecified atom stereocenters. The topological polar surface area (TPSA) is 45.0 Å². The third-order valence-electron chi connectivity index (χ3n) is 3.13. The number of hydrogen-bond acceptors (Lipinski definition) is 3. The van der Waals surface area contributed by atoms with E-state index in [1.807, 2.05) is 6.07 Å². The number of hydrogen-bond donors (Lipinski definition) is 1. The van der Waals surface area contributed by atoms with Gasteiger partial charge in [0, 0.05) is 17.7 Å². The summed E-state index contributed by atoms with van der Waals surface area (Å²) in [7, 11) is 1.49. The second kappa shape index (κ2) is 6.23. The van der Waals surface area contributed by atoms with E-state index in [4.69, 9.17) is 10.00 Å². The molecule has 5 heteroatoms. The summed E-state index contributed by atoms with van der Waals surface area (Å²) < 4.78 is 31.9. The van der Waals surface area contributed by atoms with Gasteiger partial charge in [0.2, 0.25) is 0 Å². The lowest BCUT2D eigenvalue weighted by Gasteiger charge is -2.18. The summed E-state index contributed by atoms with van der Waals surface area (Å²) in [6, 6.07) is 10.0. The highest BCUT2D eigenvalue weighted by molar-refractivity contribution is 5.60. The van der Waals surface area contributed by atoms with Crippen LogP contribution in [0.1, 0.15) is 24.1 Å². The van der Waals surface area contributed by atoms with Gasteiger partial charge in [-0.1, -0.05) is 6.07 Å². The van der Waals surface area contributed by atoms with Crippen molar-refractivity contribution in [3.63, 3.8) is 0 Å². The average molecular weight is 288 g/mol. The molecule has 0 aliphatic rings. The lowest BCUT2D eigenvalue weighted by molar-refractivity contribution is 0.416. The Labute approximate surface area is 121 Å². The second-order valence-electron chi connectivity index (χ2n) is 4.56. The predicted octanol–water partition coefficient (Wildman–Crippen LogP) is 4.02. The van der Waals surface area contributed by atoms with Crippen molar-refractivity contribution in [2.24, 2.45) is 0 Å². The van der Waals surface area contributed by atoms with Gasteiger partial charge in [0.1, 0.15) is 17.4 Å². The van der Waals surface area contributed by atoms with Gasteiger partial charge < -0.3 is 10.1 Å². The molecule has 0 aliphatic carbocycles. The molecule has 0 saturated heterocycles. The van der Waals surface area contributed by atoms with Crippen LogP contribution in [0.25, 0.3) is 0 Å². The number of methoxy groups -OCH3 is 1. The van der Waals surface area contributed by atoms with E-state index in [2.05, 4.69) is 5.32 Å². The van der Waals surface area contributed by atoms with Gasteiger partial charge in [-0.15, -0.1) is 0 Å². The maximum atomic E-state index is 13.8. The van der Waals surface area contributed by atoms with Crippen LogP contribution in [0, 0.1) is 23.0 Å². The van der Waals surface area contributed by atoms with Gasteiger partial charge in [0.15, 0.2) is 0 Å². The summed E-state index contributed by atoms with van der Waals surface area (Å²) >= 11 is 0. The number of nitrogens with one attached hydrogen (secondary N) is 1. The summed E-state index contributed by atoms with van der Waals surface area (Å²) in [5.74, 6) is -0.731. The summed E-state index contributed by atoms with van der Waals surface area (Å²) in [6.07, 6.45) is 0. The Balaban J connectivity index is 2.27. The van der Waals surface area contributed by atoms with Crippen LogP contribution in [-0.2, 0) is 0 Å². The van der Waals surface area contributed by atoms with Crippen molar-refractivity contribution in [3.05, 3.63) is 59.2 Å². The molecule has 0 heterocycles. The minimum absolute atomic E-state index is 0.350. The van der Waals surface area contributed by atoms with E-state index in [0.717, 1.165) is 6.07 Å². The van der Waals surface area contributed by atoms with Crippen LogP contribution in [0.4, 0.5) is 14.5 Å². The summed E-state index contributed by atoms with van der Waals surface area (Å²) in [5.41, 5.74) is 1.45. The van der Waals surface area contributed by atoms with Crippen LogP contribution < -0.4 is 10.1 Å². The van der Waals surface area contributed by atoms with Crippen molar-refractivity contribution in [1.29, 1.82) is 5.26 Å². The molecule has 0 radical (unpaired) electrons. The van der Waals surface area contributed by atoms with Gasteiger partial charge in [-0.05, 0) is 25.1 Å². The normalized spacial score (nSPS) is 11.6. The molecule has 0 amide bonds. The molecule has 0 fully saturated rings. The monoisotopic (exact) mass is 288 g/mol. The van der Waals surface area contributed by atoms with Crippen LogP contribution in [0.5, 0.6) is 5.75 Å². The van der Waals surface area contributed by atoms with E-state index in [1.54, 1.807) is 25.1 Å². The van der Waals surface area contributed by atoms with Crippen LogP contribution >= 0.6 is 0 Å². The Kier molecular flexibility index (Phi) is 4.39. The van der Waals surface area contributed by atoms with Crippen molar-refractivity contribution >= 4 is 5.69 Å². The lowest BCUT2D eigenvalue weighted by atomic mass is 10.1. The molecule has 108 valence electrons. The van der Waals surface area contributed by atoms with E-state index in [0.29, 0.717) is 22.6 Å². The molecule has 2 rings (SSSR count). The van der Waals surface area contributed by atoms with E-state index in [-0.39, 0.29) is 6.04 Å². The van der Waals surface area contributed by atoms with E-state index in [1.165, 1.54) is 19.2 Å². The molecule has 1 atom stereocenters. The van der Waals surface area contributed by atoms with Crippen LogP contribution in [0.15, 0.2) is 36.4 Å². The molecule has 0 saturated carbocycles. The zero-order valence-electron chi connectivity index (χ0n) is 11.7. The third kappa shape index (κ3) is 3.29. The SMILES string of the molecule is COc1cc(C#N)ccc1NC(C)c1ccc(F)cc1F. The molecule has 2 aromatic rings. The second-order valence-corrected chi connectivity index (χ2v) is 4.56. The molecular weight excluding hydrogens is 274 g/mol. The molecule has 2 aromatic carbocycles. The first-order valence-corrected chi connectivity index (χ1v) is 6.34. The highest BCUT2D eigenvalue weighted by atomic mass is 19.1. The first-order valence-electron chi connectivity index (χ1n) is 6.34. The molecule has 1 N–H and O–H groups in total. The van der Waals surface area contributed by atoms with Crippen molar-refractivity contribution in [2.45, 2.75) is 13.0 Å². The molecule has 0 aromatic heterocycles. The smallest absolute Gasteiger partial charge is 0.143 e. The maximum Gasteiger partial charge on any atom is 0.143 e. The molecule has 0 aliphatic heterocycles. The lowest BCUT2D eigenvalue weighted by Crippen LogP contribution is -2.09. The highest BCUT2D eigenvalue weighted by Gasteiger charge is 2.14. The standard InChI is InChI=1S/C16H14F2N2O/c1-10(13-5-4-12(17)8-14(13)18)20-15-6-3-11(9-19)7-16(15)21-2/h3-8,10,20H,1-2H3. The number of halogens is 2. The van der Waals surface area contributed by atoms with Crippen molar-refractivity contribution in [3.8, 4) is 11.8 Å². The number of rotatable bonds is 4. The van der Waals surface area contributed by atoms with Crippen LogP contribution in [0.3, 0.4) is 0 Å². The largest absolute Gasteiger partial charge is 0.495 e. The highest BCUT2D eigenvalue weighted by Crippen LogP contribution is 2.30. The van der Waals surface area contributed by atoms with Gasteiger partial charge in [0.05, 0.1) is 30.5 Å². The Morgan fingerprint density at radius 2 is 1.95 bits per heavy atom. The fourth-order valence-corrected chi connectivity index (χ4v) is 2.04. The first-order chi connectivity index (χ1) is 10.0. The molecule has 0 spiro atoms. The minimum Gasteiger partial charge on any atom is -0.495 e. The fourth-order valence-electron chi connectivity index (χ4n) is 2.04. The zero-order valence-corrected chi connectivity index (χ0v) is 11.7. The quantitative estimate of drug-likeness (QED) is 0.924. The predicted molar refractivity (Wildman–Crippen MR) is 76.1 cm³/mol. The number of benzene rings is 2. The van der Waals surface area contributed by atoms with Gasteiger partial charge in [-0.3, -0.25) is 0 Å². The Morgan fingerprint density at radius 3 is 2.57 bits per heavy atom.